The molecule has 2 unspecified atom stereocenters. The van der Waals surface area contributed by atoms with E-state index in [9.17, 15) is 9.59 Å². The van der Waals surface area contributed by atoms with Gasteiger partial charge >= 0.3 is 5.97 Å². The largest absolute Gasteiger partial charge is 0.480 e. The first-order valence-corrected chi connectivity index (χ1v) is 6.56. The van der Waals surface area contributed by atoms with Gasteiger partial charge in [0.25, 0.3) is 5.91 Å². The zero-order valence-corrected chi connectivity index (χ0v) is 11.2. The molecule has 1 fully saturated rings. The molecule has 1 aromatic rings. The van der Waals surface area contributed by atoms with Crippen molar-refractivity contribution in [1.29, 1.82) is 0 Å². The van der Waals surface area contributed by atoms with E-state index in [4.69, 9.17) is 5.11 Å². The molecule has 1 saturated heterocycles. The lowest BCUT2D eigenvalue weighted by Crippen LogP contribution is -2.39. The number of carboxylic acid groups (broad SMARTS) is 1. The number of likely N-dealkylation sites (tertiary alicyclic amines) is 1. The normalized spacial score (nSPS) is 21.2. The van der Waals surface area contributed by atoms with Gasteiger partial charge in [-0.15, -0.1) is 0 Å². The van der Waals surface area contributed by atoms with Crippen LogP contribution < -0.4 is 0 Å². The fourth-order valence-corrected chi connectivity index (χ4v) is 2.32. The van der Waals surface area contributed by atoms with Gasteiger partial charge in [0.05, 0.1) is 0 Å². The fraction of sp³-hybridized carbons (Fsp3) is 0.615. The number of carboxylic acids is 1. The smallest absolute Gasteiger partial charge is 0.328 e. The fourth-order valence-electron chi connectivity index (χ4n) is 2.32. The number of carbonyl (C=O) groups excluding carboxylic acids is 1. The number of carbonyl (C=O) groups is 2. The second-order valence-corrected chi connectivity index (χ2v) is 5.19. The minimum atomic E-state index is -0.964. The van der Waals surface area contributed by atoms with E-state index in [2.05, 4.69) is 12.0 Å². The number of aromatic nitrogens is 2. The van der Waals surface area contributed by atoms with Gasteiger partial charge in [0.2, 0.25) is 0 Å². The highest BCUT2D eigenvalue weighted by Gasteiger charge is 2.24. The average Bonchev–Trinajstić information content (AvgIpc) is 2.86. The number of piperidine rings is 1. The van der Waals surface area contributed by atoms with E-state index in [0.29, 0.717) is 11.6 Å². The van der Waals surface area contributed by atoms with Gasteiger partial charge in [-0.1, -0.05) is 6.92 Å². The van der Waals surface area contributed by atoms with E-state index in [1.54, 1.807) is 17.2 Å². The molecule has 0 spiro atoms. The van der Waals surface area contributed by atoms with Crippen molar-refractivity contribution < 1.29 is 14.7 Å². The van der Waals surface area contributed by atoms with E-state index in [1.165, 1.54) is 11.6 Å². The average molecular weight is 265 g/mol. The molecule has 104 valence electrons. The number of amides is 1. The van der Waals surface area contributed by atoms with Crippen LogP contribution >= 0.6 is 0 Å². The minimum absolute atomic E-state index is 0.108. The van der Waals surface area contributed by atoms with Gasteiger partial charge in [0.15, 0.2) is 0 Å². The Morgan fingerprint density at radius 2 is 2.26 bits per heavy atom. The second-order valence-electron chi connectivity index (χ2n) is 5.19. The molecule has 1 aliphatic heterocycles. The van der Waals surface area contributed by atoms with Crippen molar-refractivity contribution in [3.05, 3.63) is 18.0 Å². The van der Waals surface area contributed by atoms with Crippen molar-refractivity contribution in [2.45, 2.75) is 32.7 Å². The van der Waals surface area contributed by atoms with Gasteiger partial charge in [0, 0.05) is 19.3 Å². The molecule has 1 aromatic heterocycles. The van der Waals surface area contributed by atoms with Crippen LogP contribution in [0.2, 0.25) is 0 Å². The van der Waals surface area contributed by atoms with Crippen LogP contribution in [0.1, 0.15) is 43.2 Å². The van der Waals surface area contributed by atoms with Crippen LogP contribution in [0.25, 0.3) is 0 Å². The summed E-state index contributed by atoms with van der Waals surface area (Å²) in [7, 11) is 0. The maximum atomic E-state index is 12.3. The predicted octanol–water partition coefficient (Wildman–Crippen LogP) is 1.40. The third kappa shape index (κ3) is 2.94. The first-order valence-electron chi connectivity index (χ1n) is 6.56. The van der Waals surface area contributed by atoms with Crippen LogP contribution in [-0.2, 0) is 4.79 Å². The zero-order chi connectivity index (χ0) is 14.0. The van der Waals surface area contributed by atoms with Gasteiger partial charge in [0.1, 0.15) is 11.7 Å². The monoisotopic (exact) mass is 265 g/mol. The summed E-state index contributed by atoms with van der Waals surface area (Å²) in [5.74, 6) is -0.561. The predicted molar refractivity (Wildman–Crippen MR) is 68.9 cm³/mol. The van der Waals surface area contributed by atoms with Crippen molar-refractivity contribution >= 4 is 11.9 Å². The van der Waals surface area contributed by atoms with Crippen LogP contribution in [0.15, 0.2) is 12.3 Å². The molecule has 1 aliphatic rings. The second kappa shape index (κ2) is 5.42. The number of rotatable bonds is 3. The zero-order valence-electron chi connectivity index (χ0n) is 11.2. The molecule has 0 saturated carbocycles. The molecule has 6 nitrogen and oxygen atoms in total. The van der Waals surface area contributed by atoms with Crippen LogP contribution in [0.5, 0.6) is 0 Å². The Labute approximate surface area is 112 Å². The molecule has 19 heavy (non-hydrogen) atoms. The van der Waals surface area contributed by atoms with Crippen molar-refractivity contribution in [2.75, 3.05) is 13.1 Å². The Kier molecular flexibility index (Phi) is 3.87. The van der Waals surface area contributed by atoms with Gasteiger partial charge < -0.3 is 10.0 Å². The lowest BCUT2D eigenvalue weighted by Gasteiger charge is -2.30. The first-order chi connectivity index (χ1) is 8.99. The summed E-state index contributed by atoms with van der Waals surface area (Å²) in [5.41, 5.74) is 0.321. The molecule has 1 amide bonds. The van der Waals surface area contributed by atoms with Crippen LogP contribution in [0.3, 0.4) is 0 Å². The third-order valence-electron chi connectivity index (χ3n) is 3.53. The van der Waals surface area contributed by atoms with E-state index >= 15 is 0 Å². The highest BCUT2D eigenvalue weighted by atomic mass is 16.4. The Bertz CT molecular complexity index is 483. The van der Waals surface area contributed by atoms with E-state index in [1.807, 2.05) is 0 Å². The molecule has 0 radical (unpaired) electrons. The molecule has 6 heteroatoms. The Morgan fingerprint density at radius 1 is 1.53 bits per heavy atom. The van der Waals surface area contributed by atoms with Crippen molar-refractivity contribution in [1.82, 2.24) is 14.7 Å². The lowest BCUT2D eigenvalue weighted by atomic mass is 10.0. The number of nitrogens with zero attached hydrogens (tertiary/aromatic N) is 3. The summed E-state index contributed by atoms with van der Waals surface area (Å²) >= 11 is 0. The number of aliphatic carboxylic acids is 1. The molecule has 2 atom stereocenters. The van der Waals surface area contributed by atoms with Crippen molar-refractivity contribution in [3.63, 3.8) is 0 Å². The molecule has 0 aromatic carbocycles. The van der Waals surface area contributed by atoms with Crippen LogP contribution in [-0.4, -0.2) is 44.8 Å². The van der Waals surface area contributed by atoms with Gasteiger partial charge in [-0.2, -0.15) is 5.10 Å². The SMILES string of the molecule is CC1CCCN(C(=O)c2ccn(C(C)C(=O)O)n2)C1. The van der Waals surface area contributed by atoms with Crippen LogP contribution in [0.4, 0.5) is 0 Å². The quantitative estimate of drug-likeness (QED) is 0.896. The van der Waals surface area contributed by atoms with Gasteiger partial charge in [-0.05, 0) is 31.7 Å². The molecule has 2 heterocycles. The van der Waals surface area contributed by atoms with Crippen molar-refractivity contribution in [2.24, 2.45) is 5.92 Å². The standard InChI is InChI=1S/C13H19N3O3/c1-9-4-3-6-15(8-9)12(17)11-5-7-16(14-11)10(2)13(18)19/h5,7,9-10H,3-4,6,8H2,1-2H3,(H,18,19). The van der Waals surface area contributed by atoms with E-state index in [0.717, 1.165) is 25.9 Å². The molecule has 0 aliphatic carbocycles. The van der Waals surface area contributed by atoms with Gasteiger partial charge in [-0.25, -0.2) is 4.79 Å². The Hall–Kier alpha value is -1.85. The minimum Gasteiger partial charge on any atom is -0.480 e. The lowest BCUT2D eigenvalue weighted by molar-refractivity contribution is -0.140. The topological polar surface area (TPSA) is 75.4 Å². The summed E-state index contributed by atoms with van der Waals surface area (Å²) in [6.45, 7) is 5.17. The molecular formula is C13H19N3O3. The molecule has 1 N–H and O–H groups in total. The van der Waals surface area contributed by atoms with Crippen molar-refractivity contribution in [3.8, 4) is 0 Å². The molecular weight excluding hydrogens is 246 g/mol. The summed E-state index contributed by atoms with van der Waals surface area (Å²) in [5, 5.41) is 13.0. The number of hydrogen-bond acceptors (Lipinski definition) is 3. The highest BCUT2D eigenvalue weighted by Crippen LogP contribution is 2.17. The maximum absolute atomic E-state index is 12.3. The van der Waals surface area contributed by atoms with Gasteiger partial charge in [-0.3, -0.25) is 9.48 Å². The Balaban J connectivity index is 2.09. The molecule has 0 bridgehead atoms. The van der Waals surface area contributed by atoms with E-state index in [-0.39, 0.29) is 5.91 Å². The summed E-state index contributed by atoms with van der Waals surface area (Å²) in [6.07, 6.45) is 3.70. The number of hydrogen-bond donors (Lipinski definition) is 1. The first kappa shape index (κ1) is 13.6. The Morgan fingerprint density at radius 3 is 2.89 bits per heavy atom. The summed E-state index contributed by atoms with van der Waals surface area (Å²) < 4.78 is 1.31. The summed E-state index contributed by atoms with van der Waals surface area (Å²) in [4.78, 5) is 24.9. The summed E-state index contributed by atoms with van der Waals surface area (Å²) in [6, 6.07) is 0.822. The maximum Gasteiger partial charge on any atom is 0.328 e. The van der Waals surface area contributed by atoms with E-state index < -0.39 is 12.0 Å². The molecule has 2 rings (SSSR count). The highest BCUT2D eigenvalue weighted by molar-refractivity contribution is 5.92. The third-order valence-corrected chi connectivity index (χ3v) is 3.53. The van der Waals surface area contributed by atoms with Crippen LogP contribution in [0, 0.1) is 5.92 Å².